The summed E-state index contributed by atoms with van der Waals surface area (Å²) in [6.45, 7) is 1.23. The second-order valence-electron chi connectivity index (χ2n) is 6.00. The predicted octanol–water partition coefficient (Wildman–Crippen LogP) is 1.67. The number of piperidine rings is 1. The van der Waals surface area contributed by atoms with Crippen LogP contribution >= 0.6 is 0 Å². The van der Waals surface area contributed by atoms with Gasteiger partial charge in [0.15, 0.2) is 5.82 Å². The van der Waals surface area contributed by atoms with Gasteiger partial charge in [-0.3, -0.25) is 9.59 Å². The lowest BCUT2D eigenvalue weighted by atomic mass is 9.97. The quantitative estimate of drug-likeness (QED) is 0.750. The lowest BCUT2D eigenvalue weighted by molar-refractivity contribution is 0.0692. The Morgan fingerprint density at radius 3 is 3.00 bits per heavy atom. The first kappa shape index (κ1) is 14.6. The third-order valence-electron chi connectivity index (χ3n) is 4.43. The number of para-hydroxylation sites is 1. The van der Waals surface area contributed by atoms with Gasteiger partial charge in [-0.15, -0.1) is 0 Å². The number of aromatic amines is 2. The number of nitrogens with one attached hydrogen (secondary N) is 2. The van der Waals surface area contributed by atoms with Gasteiger partial charge >= 0.3 is 0 Å². The smallest absolute Gasteiger partial charge is 0.289 e. The van der Waals surface area contributed by atoms with Gasteiger partial charge < -0.3 is 14.9 Å². The molecule has 2 aromatic heterocycles. The predicted molar refractivity (Wildman–Crippen MR) is 88.8 cm³/mol. The average Bonchev–Trinajstić information content (AvgIpc) is 3.16. The van der Waals surface area contributed by atoms with Gasteiger partial charge in [-0.05, 0) is 25.0 Å². The van der Waals surface area contributed by atoms with Crippen LogP contribution in [-0.2, 0) is 0 Å². The van der Waals surface area contributed by atoms with E-state index in [1.807, 2.05) is 0 Å². The van der Waals surface area contributed by atoms with Crippen molar-refractivity contribution in [2.24, 2.45) is 0 Å². The summed E-state index contributed by atoms with van der Waals surface area (Å²) in [6.07, 6.45) is 5.39. The molecule has 0 saturated carbocycles. The fourth-order valence-corrected chi connectivity index (χ4v) is 3.22. The number of nitrogens with zero attached hydrogens (tertiary/aromatic N) is 3. The van der Waals surface area contributed by atoms with Crippen LogP contribution in [-0.4, -0.2) is 43.8 Å². The van der Waals surface area contributed by atoms with Gasteiger partial charge in [-0.25, -0.2) is 9.97 Å². The van der Waals surface area contributed by atoms with E-state index in [0.717, 1.165) is 18.7 Å². The van der Waals surface area contributed by atoms with Crippen LogP contribution in [0.2, 0.25) is 0 Å². The number of carbonyl (C=O) groups is 1. The SMILES string of the molecule is O=C(c1nc2ccccc2c(=O)[nH]1)N1CCC[C@H](c2ncc[nH]2)C1. The van der Waals surface area contributed by atoms with Crippen molar-refractivity contribution in [3.63, 3.8) is 0 Å². The van der Waals surface area contributed by atoms with Gasteiger partial charge in [-0.1, -0.05) is 12.1 Å². The van der Waals surface area contributed by atoms with Crippen LogP contribution in [0.4, 0.5) is 0 Å². The first-order chi connectivity index (χ1) is 11.7. The molecule has 7 heteroatoms. The lowest BCUT2D eigenvalue weighted by Crippen LogP contribution is -2.40. The Hall–Kier alpha value is -2.96. The molecule has 1 amide bonds. The first-order valence-corrected chi connectivity index (χ1v) is 8.00. The summed E-state index contributed by atoms with van der Waals surface area (Å²) in [5.41, 5.74) is 0.243. The third kappa shape index (κ3) is 2.58. The molecule has 2 N–H and O–H groups in total. The van der Waals surface area contributed by atoms with Crippen LogP contribution in [0.15, 0.2) is 41.5 Å². The van der Waals surface area contributed by atoms with Crippen LogP contribution in [0.3, 0.4) is 0 Å². The highest BCUT2D eigenvalue weighted by atomic mass is 16.2. The Balaban J connectivity index is 1.62. The molecule has 0 bridgehead atoms. The fraction of sp³-hybridized carbons (Fsp3) is 0.294. The molecule has 122 valence electrons. The van der Waals surface area contributed by atoms with E-state index in [0.29, 0.717) is 24.0 Å². The average molecular weight is 323 g/mol. The molecule has 1 aromatic carbocycles. The number of amides is 1. The number of fused-ring (bicyclic) bond motifs is 1. The molecule has 1 aliphatic rings. The second-order valence-corrected chi connectivity index (χ2v) is 6.00. The molecule has 0 unspecified atom stereocenters. The van der Waals surface area contributed by atoms with Gasteiger partial charge in [0.05, 0.1) is 10.9 Å². The number of H-pyrrole nitrogens is 2. The zero-order chi connectivity index (χ0) is 16.5. The van der Waals surface area contributed by atoms with Crippen molar-refractivity contribution < 1.29 is 4.79 Å². The maximum absolute atomic E-state index is 12.8. The maximum Gasteiger partial charge on any atom is 0.289 e. The Kier molecular flexibility index (Phi) is 3.60. The van der Waals surface area contributed by atoms with E-state index in [1.54, 1.807) is 41.6 Å². The molecule has 0 spiro atoms. The Labute approximate surface area is 137 Å². The zero-order valence-electron chi connectivity index (χ0n) is 13.0. The zero-order valence-corrected chi connectivity index (χ0v) is 13.0. The summed E-state index contributed by atoms with van der Waals surface area (Å²) in [4.78, 5) is 41.0. The number of aromatic nitrogens is 4. The summed E-state index contributed by atoms with van der Waals surface area (Å²) in [6, 6.07) is 7.02. The third-order valence-corrected chi connectivity index (χ3v) is 4.43. The Morgan fingerprint density at radius 1 is 1.29 bits per heavy atom. The van der Waals surface area contributed by atoms with Crippen LogP contribution < -0.4 is 5.56 Å². The molecule has 3 heterocycles. The summed E-state index contributed by atoms with van der Waals surface area (Å²) in [7, 11) is 0. The molecule has 0 aliphatic carbocycles. The lowest BCUT2D eigenvalue weighted by Gasteiger charge is -2.31. The van der Waals surface area contributed by atoms with Crippen LogP contribution in [0, 0.1) is 0 Å². The summed E-state index contributed by atoms with van der Waals surface area (Å²) < 4.78 is 0. The maximum atomic E-state index is 12.8. The van der Waals surface area contributed by atoms with E-state index < -0.39 is 0 Å². The monoisotopic (exact) mass is 323 g/mol. The first-order valence-electron chi connectivity index (χ1n) is 8.00. The number of imidazole rings is 1. The molecule has 3 aromatic rings. The van der Waals surface area contributed by atoms with E-state index in [4.69, 9.17) is 0 Å². The van der Waals surface area contributed by atoms with Crippen molar-refractivity contribution >= 4 is 16.8 Å². The van der Waals surface area contributed by atoms with Crippen LogP contribution in [0.25, 0.3) is 10.9 Å². The van der Waals surface area contributed by atoms with Gasteiger partial charge in [0.2, 0.25) is 0 Å². The van der Waals surface area contributed by atoms with Crippen molar-refractivity contribution in [2.45, 2.75) is 18.8 Å². The van der Waals surface area contributed by atoms with Gasteiger partial charge in [0, 0.05) is 31.4 Å². The van der Waals surface area contributed by atoms with E-state index in [9.17, 15) is 9.59 Å². The molecule has 4 rings (SSSR count). The molecule has 24 heavy (non-hydrogen) atoms. The molecule has 1 saturated heterocycles. The highest BCUT2D eigenvalue weighted by Gasteiger charge is 2.28. The number of benzene rings is 1. The summed E-state index contributed by atoms with van der Waals surface area (Å²) >= 11 is 0. The fourth-order valence-electron chi connectivity index (χ4n) is 3.22. The molecule has 1 atom stereocenters. The number of rotatable bonds is 2. The standard InChI is InChI=1S/C17H17N5O2/c23-16-12-5-1-2-6-13(12)20-15(21-16)17(24)22-9-3-4-11(10-22)14-18-7-8-19-14/h1-2,5-8,11H,3-4,9-10H2,(H,18,19)(H,20,21,23)/t11-/m0/s1. The minimum atomic E-state index is -0.288. The van der Waals surface area contributed by atoms with E-state index in [-0.39, 0.29) is 23.2 Å². The normalized spacial score (nSPS) is 18.0. The van der Waals surface area contributed by atoms with Crippen molar-refractivity contribution in [3.8, 4) is 0 Å². The molecule has 7 nitrogen and oxygen atoms in total. The van der Waals surface area contributed by atoms with E-state index in [2.05, 4.69) is 19.9 Å². The molecule has 0 radical (unpaired) electrons. The highest BCUT2D eigenvalue weighted by molar-refractivity contribution is 5.92. The van der Waals surface area contributed by atoms with Gasteiger partial charge in [0.1, 0.15) is 5.82 Å². The van der Waals surface area contributed by atoms with Gasteiger partial charge in [0.25, 0.3) is 11.5 Å². The largest absolute Gasteiger partial charge is 0.348 e. The summed E-state index contributed by atoms with van der Waals surface area (Å²) in [5, 5.41) is 0.487. The van der Waals surface area contributed by atoms with Crippen LogP contribution in [0.1, 0.15) is 35.2 Å². The number of hydrogen-bond donors (Lipinski definition) is 2. The van der Waals surface area contributed by atoms with Crippen molar-refractivity contribution in [1.29, 1.82) is 0 Å². The molecule has 1 aliphatic heterocycles. The molecule has 1 fully saturated rings. The number of carbonyl (C=O) groups excluding carboxylic acids is 1. The Bertz CT molecular complexity index is 932. The van der Waals surface area contributed by atoms with Gasteiger partial charge in [-0.2, -0.15) is 0 Å². The minimum Gasteiger partial charge on any atom is -0.348 e. The van der Waals surface area contributed by atoms with Crippen molar-refractivity contribution in [3.05, 3.63) is 58.7 Å². The minimum absolute atomic E-state index is 0.0961. The molecular formula is C17H17N5O2. The van der Waals surface area contributed by atoms with E-state index >= 15 is 0 Å². The number of hydrogen-bond acceptors (Lipinski definition) is 4. The Morgan fingerprint density at radius 2 is 2.17 bits per heavy atom. The second kappa shape index (κ2) is 5.92. The highest BCUT2D eigenvalue weighted by Crippen LogP contribution is 2.25. The van der Waals surface area contributed by atoms with Crippen LogP contribution in [0.5, 0.6) is 0 Å². The molecular weight excluding hydrogens is 306 g/mol. The number of likely N-dealkylation sites (tertiary alicyclic amines) is 1. The van der Waals surface area contributed by atoms with Crippen molar-refractivity contribution in [2.75, 3.05) is 13.1 Å². The topological polar surface area (TPSA) is 94.7 Å². The van der Waals surface area contributed by atoms with Crippen molar-refractivity contribution in [1.82, 2.24) is 24.8 Å². The van der Waals surface area contributed by atoms with E-state index in [1.165, 1.54) is 0 Å². The summed E-state index contributed by atoms with van der Waals surface area (Å²) in [5.74, 6) is 0.935.